The number of β-amino-alcohol motifs (C(OH)–C–C–N with tert-alkyl or cyclic N) is 2. The van der Waals surface area contributed by atoms with E-state index < -0.39 is 5.92 Å². The van der Waals surface area contributed by atoms with Gasteiger partial charge in [-0.1, -0.05) is 91.0 Å². The van der Waals surface area contributed by atoms with Crippen molar-refractivity contribution in [3.05, 3.63) is 119 Å². The average Bonchev–Trinajstić information content (AvgIpc) is 3.38. The number of allylic oxidation sites excluding steroid dienone is 2. The Morgan fingerprint density at radius 2 is 0.920 bits per heavy atom. The van der Waals surface area contributed by atoms with E-state index in [0.29, 0.717) is 56.4 Å². The van der Waals surface area contributed by atoms with Crippen LogP contribution in [0.15, 0.2) is 107 Å². The molecule has 75 heavy (non-hydrogen) atoms. The van der Waals surface area contributed by atoms with E-state index in [1.54, 1.807) is 0 Å². The molecule has 3 aromatic rings. The number of aliphatic hydroxyl groups excluding tert-OH is 3. The molecule has 3 aliphatic carbocycles. The van der Waals surface area contributed by atoms with Crippen LogP contribution in [0.25, 0.3) is 0 Å². The van der Waals surface area contributed by atoms with E-state index in [9.17, 15) is 38.7 Å². The molecule has 0 amide bonds. The number of aliphatic imine (C=N–C) groups is 1. The van der Waals surface area contributed by atoms with Gasteiger partial charge in [0.1, 0.15) is 29.0 Å². The van der Waals surface area contributed by atoms with Gasteiger partial charge in [-0.25, -0.2) is 0 Å². The molecule has 4 fully saturated rings. The molecule has 0 aromatic heterocycles. The second-order valence-electron chi connectivity index (χ2n) is 19.6. The van der Waals surface area contributed by atoms with E-state index in [2.05, 4.69) is 36.2 Å². The maximum atomic E-state index is 12.7. The molecule has 5 aliphatic rings. The molecule has 8 rings (SSSR count). The van der Waals surface area contributed by atoms with Crippen LogP contribution in [0.2, 0.25) is 0 Å². The maximum absolute atomic E-state index is 12.7. The van der Waals surface area contributed by atoms with Crippen LogP contribution in [0.4, 0.5) is 0 Å². The van der Waals surface area contributed by atoms with Gasteiger partial charge in [-0.15, -0.1) is 0 Å². The Kier molecular flexibility index (Phi) is 27.8. The molecular formula is C58H79ClN6O10. The Hall–Kier alpha value is -5.43. The van der Waals surface area contributed by atoms with E-state index in [4.69, 9.17) is 15.9 Å². The third-order valence-corrected chi connectivity index (χ3v) is 13.9. The fourth-order valence-electron chi connectivity index (χ4n) is 9.98. The second-order valence-corrected chi connectivity index (χ2v) is 20.1. The SMILES string of the molecule is CC(=NCCN1CCN(CCO)CC1)C1=C(O)CC(c2ccccc2)CC1=O.CC(=O)C1C(=O)CC(c2ccccc2)CC1=O.CC(=O)Cl.NCCN1CCN(CCO)CC1.O=C1CC(=O)CC(c2ccccc2)C1. The van der Waals surface area contributed by atoms with Gasteiger partial charge < -0.3 is 21.1 Å². The summed E-state index contributed by atoms with van der Waals surface area (Å²) < 4.78 is 0. The van der Waals surface area contributed by atoms with Gasteiger partial charge in [0, 0.05) is 136 Å². The van der Waals surface area contributed by atoms with Crippen LogP contribution in [0.5, 0.6) is 0 Å². The lowest BCUT2D eigenvalue weighted by molar-refractivity contribution is -0.142. The molecule has 408 valence electrons. The Balaban J connectivity index is 0.000000223. The largest absolute Gasteiger partial charge is 0.511 e. The number of Topliss-reactive ketones (excluding diaryl/α,β-unsaturated/α-hetero) is 6. The van der Waals surface area contributed by atoms with Crippen LogP contribution in [-0.4, -0.2) is 185 Å². The van der Waals surface area contributed by atoms with Gasteiger partial charge in [-0.2, -0.15) is 0 Å². The van der Waals surface area contributed by atoms with Gasteiger partial charge in [-0.3, -0.25) is 58.2 Å². The normalized spacial score (nSPS) is 21.3. The van der Waals surface area contributed by atoms with E-state index in [-0.39, 0.29) is 83.1 Å². The van der Waals surface area contributed by atoms with Crippen molar-refractivity contribution in [1.29, 1.82) is 0 Å². The number of carbonyl (C=O) groups excluding carboxylic acids is 7. The fraction of sp³-hybridized carbons (Fsp3) is 0.517. The zero-order valence-electron chi connectivity index (χ0n) is 44.1. The Bertz CT molecular complexity index is 2300. The van der Waals surface area contributed by atoms with E-state index in [1.807, 2.05) is 97.9 Å². The number of aliphatic hydroxyl groups is 3. The summed E-state index contributed by atoms with van der Waals surface area (Å²) in [6.45, 7) is 17.9. The van der Waals surface area contributed by atoms with Crippen molar-refractivity contribution in [3.8, 4) is 0 Å². The minimum absolute atomic E-state index is 0.0172. The highest BCUT2D eigenvalue weighted by Gasteiger charge is 2.38. The van der Waals surface area contributed by atoms with Crippen molar-refractivity contribution in [2.24, 2.45) is 16.6 Å². The fourth-order valence-corrected chi connectivity index (χ4v) is 9.98. The number of piperazine rings is 2. The van der Waals surface area contributed by atoms with Crippen LogP contribution in [0.3, 0.4) is 0 Å². The van der Waals surface area contributed by atoms with Gasteiger partial charge >= 0.3 is 0 Å². The number of hydrogen-bond donors (Lipinski definition) is 4. The third kappa shape index (κ3) is 22.0. The predicted molar refractivity (Wildman–Crippen MR) is 292 cm³/mol. The van der Waals surface area contributed by atoms with Crippen molar-refractivity contribution >= 4 is 57.3 Å². The first-order valence-electron chi connectivity index (χ1n) is 26.2. The molecule has 17 heteroatoms. The van der Waals surface area contributed by atoms with Gasteiger partial charge in [0.05, 0.1) is 31.8 Å². The van der Waals surface area contributed by atoms with Crippen molar-refractivity contribution in [2.75, 3.05) is 105 Å². The Morgan fingerprint density at radius 1 is 0.560 bits per heavy atom. The van der Waals surface area contributed by atoms with E-state index in [1.165, 1.54) is 13.8 Å². The van der Waals surface area contributed by atoms with Crippen molar-refractivity contribution in [1.82, 2.24) is 19.6 Å². The number of halogens is 1. The molecule has 1 unspecified atom stereocenters. The molecule has 0 bridgehead atoms. The molecule has 5 N–H and O–H groups in total. The lowest BCUT2D eigenvalue weighted by atomic mass is 9.76. The smallest absolute Gasteiger partial charge is 0.218 e. The number of nitrogens with zero attached hydrogens (tertiary/aromatic N) is 5. The second kappa shape index (κ2) is 33.6. The summed E-state index contributed by atoms with van der Waals surface area (Å²) in [5, 5.41) is 27.9. The standard InChI is InChI=1S/C22H31N3O3.C14H14O3.C12H12O2.C8H19N3O.C2H3ClO/c1-17(23-7-8-24-9-11-25(12-10-24)13-14-26)22-20(27)15-19(16-21(22)28)18-5-3-2-4-6-18;1-9(15)14-12(16)7-11(8-13(14)17)10-5-3-2-4-6-10;13-11-6-10(7-12(14)8-11)9-4-2-1-3-5-9;9-1-2-10-3-5-11(6-4-10)7-8-12;1-2(3)4/h2-6,19,26-27H,7-16H2,1H3;2-6,11,14H,7-8H2,1H3;1-5,10H,6-8H2;12H,1-9H2;1H3. The van der Waals surface area contributed by atoms with Crippen LogP contribution >= 0.6 is 11.6 Å². The maximum Gasteiger partial charge on any atom is 0.218 e. The molecule has 0 radical (unpaired) electrons. The first-order valence-corrected chi connectivity index (χ1v) is 26.6. The first-order chi connectivity index (χ1) is 36.0. The van der Waals surface area contributed by atoms with Crippen LogP contribution in [-0.2, 0) is 33.6 Å². The number of benzene rings is 3. The predicted octanol–water partition coefficient (Wildman–Crippen LogP) is 5.34. The third-order valence-electron chi connectivity index (χ3n) is 13.9. The molecule has 2 heterocycles. The summed E-state index contributed by atoms with van der Waals surface area (Å²) in [7, 11) is 0. The van der Waals surface area contributed by atoms with Gasteiger partial charge in [0.15, 0.2) is 17.3 Å². The summed E-state index contributed by atoms with van der Waals surface area (Å²) in [4.78, 5) is 93.0. The number of rotatable bonds is 14. The van der Waals surface area contributed by atoms with Crippen molar-refractivity contribution < 1.29 is 48.9 Å². The van der Waals surface area contributed by atoms with Gasteiger partial charge in [-0.05, 0) is 59.9 Å². The van der Waals surface area contributed by atoms with Crippen molar-refractivity contribution in [2.45, 2.75) is 83.5 Å². The summed E-state index contributed by atoms with van der Waals surface area (Å²) in [5.41, 5.74) is 9.72. The highest BCUT2D eigenvalue weighted by molar-refractivity contribution is 6.62. The molecule has 2 aliphatic heterocycles. The molecule has 3 aromatic carbocycles. The first kappa shape index (κ1) is 62.1. The van der Waals surface area contributed by atoms with Crippen molar-refractivity contribution in [3.63, 3.8) is 0 Å². The number of ketones is 6. The molecule has 2 saturated heterocycles. The summed E-state index contributed by atoms with van der Waals surface area (Å²) >= 11 is 4.64. The lowest BCUT2D eigenvalue weighted by Crippen LogP contribution is -2.48. The lowest BCUT2D eigenvalue weighted by Gasteiger charge is -2.34. The summed E-state index contributed by atoms with van der Waals surface area (Å²) in [5.74, 6) is -1.39. The highest BCUT2D eigenvalue weighted by Crippen LogP contribution is 2.35. The zero-order valence-corrected chi connectivity index (χ0v) is 44.9. The average molecular weight is 1060 g/mol. The molecule has 0 spiro atoms. The quantitative estimate of drug-likeness (QED) is 0.0907. The summed E-state index contributed by atoms with van der Waals surface area (Å²) in [6.07, 6.45) is 2.68. The van der Waals surface area contributed by atoms with Gasteiger partial charge in [0.25, 0.3) is 0 Å². The Morgan fingerprint density at radius 3 is 1.28 bits per heavy atom. The number of hydrogen-bond acceptors (Lipinski definition) is 16. The molecule has 1 atom stereocenters. The minimum atomic E-state index is -1.00. The highest BCUT2D eigenvalue weighted by atomic mass is 35.5. The zero-order chi connectivity index (χ0) is 54.7. The van der Waals surface area contributed by atoms with Crippen LogP contribution in [0.1, 0.15) is 100 Å². The van der Waals surface area contributed by atoms with E-state index >= 15 is 0 Å². The van der Waals surface area contributed by atoms with Crippen LogP contribution < -0.4 is 5.73 Å². The van der Waals surface area contributed by atoms with E-state index in [0.717, 1.165) is 102 Å². The van der Waals surface area contributed by atoms with Crippen LogP contribution in [0, 0.1) is 5.92 Å². The number of nitrogens with two attached hydrogens (primary N) is 1. The monoisotopic (exact) mass is 1050 g/mol. The topological polar surface area (TPSA) is 232 Å². The number of carbonyl (C=O) groups is 7. The Labute approximate surface area is 448 Å². The molecular weight excluding hydrogens is 976 g/mol. The molecule has 16 nitrogen and oxygen atoms in total. The van der Waals surface area contributed by atoms with Gasteiger partial charge in [0.2, 0.25) is 5.24 Å². The minimum Gasteiger partial charge on any atom is -0.511 e. The summed E-state index contributed by atoms with van der Waals surface area (Å²) in [6, 6.07) is 29.2. The molecule has 2 saturated carbocycles.